The average molecular weight is 522 g/mol. The quantitative estimate of drug-likeness (QED) is 0.211. The van der Waals surface area contributed by atoms with Crippen LogP contribution in [0.5, 0.6) is 0 Å². The molecule has 3 rings (SSSR count). The zero-order valence-electron chi connectivity index (χ0n) is 21.7. The van der Waals surface area contributed by atoms with Crippen LogP contribution in [0.2, 0.25) is 0 Å². The number of nitrogens with two attached hydrogens (primary N) is 1. The van der Waals surface area contributed by atoms with Gasteiger partial charge in [-0.1, -0.05) is 62.4 Å². The molecule has 0 radical (unpaired) electrons. The number of carbonyl (C=O) groups excluding carboxylic acids is 3. The number of aliphatic carboxylic acids is 1. The van der Waals surface area contributed by atoms with Crippen molar-refractivity contribution in [3.63, 3.8) is 0 Å². The third kappa shape index (κ3) is 7.42. The van der Waals surface area contributed by atoms with Crippen LogP contribution in [0.15, 0.2) is 60.8 Å². The molecule has 202 valence electrons. The predicted octanol–water partition coefficient (Wildman–Crippen LogP) is 1.50. The summed E-state index contributed by atoms with van der Waals surface area (Å²) < 4.78 is 0. The summed E-state index contributed by atoms with van der Waals surface area (Å²) in [5, 5.41) is 18.4. The lowest BCUT2D eigenvalue weighted by Gasteiger charge is -2.26. The molecule has 10 heteroatoms. The van der Waals surface area contributed by atoms with E-state index < -0.39 is 47.9 Å². The summed E-state index contributed by atoms with van der Waals surface area (Å²) in [7, 11) is 0. The lowest BCUT2D eigenvalue weighted by molar-refractivity contribution is -0.143. The summed E-state index contributed by atoms with van der Waals surface area (Å²) in [6, 6.07) is 12.6. The van der Waals surface area contributed by atoms with Crippen LogP contribution in [-0.4, -0.2) is 57.9 Å². The van der Waals surface area contributed by atoms with Crippen LogP contribution in [0.4, 0.5) is 0 Å². The minimum atomic E-state index is -1.17. The van der Waals surface area contributed by atoms with E-state index in [0.717, 1.165) is 22.0 Å². The van der Waals surface area contributed by atoms with Crippen LogP contribution in [0.1, 0.15) is 31.9 Å². The number of hydrogen-bond donors (Lipinski definition) is 6. The topological polar surface area (TPSA) is 166 Å². The maximum Gasteiger partial charge on any atom is 0.326 e. The smallest absolute Gasteiger partial charge is 0.326 e. The maximum atomic E-state index is 13.5. The van der Waals surface area contributed by atoms with Crippen LogP contribution in [-0.2, 0) is 32.0 Å². The number of amides is 3. The highest BCUT2D eigenvalue weighted by Gasteiger charge is 2.31. The summed E-state index contributed by atoms with van der Waals surface area (Å²) >= 11 is 0. The van der Waals surface area contributed by atoms with Crippen molar-refractivity contribution in [1.29, 1.82) is 0 Å². The van der Waals surface area contributed by atoms with Crippen molar-refractivity contribution in [3.05, 3.63) is 71.9 Å². The van der Waals surface area contributed by atoms with Gasteiger partial charge < -0.3 is 31.8 Å². The second-order valence-electron chi connectivity index (χ2n) is 9.73. The predicted molar refractivity (Wildman–Crippen MR) is 144 cm³/mol. The van der Waals surface area contributed by atoms with E-state index in [0.29, 0.717) is 0 Å². The van der Waals surface area contributed by atoms with E-state index in [1.807, 2.05) is 54.6 Å². The molecule has 0 aliphatic rings. The number of aromatic amines is 1. The molecule has 0 bridgehead atoms. The summed E-state index contributed by atoms with van der Waals surface area (Å²) in [5.74, 6) is -3.27. The molecule has 3 amide bonds. The van der Waals surface area contributed by atoms with Crippen molar-refractivity contribution < 1.29 is 24.3 Å². The van der Waals surface area contributed by atoms with Gasteiger partial charge in [-0.05, 0) is 30.0 Å². The Hall–Kier alpha value is -4.18. The molecule has 7 N–H and O–H groups in total. The lowest BCUT2D eigenvalue weighted by Crippen LogP contribution is -2.58. The first-order chi connectivity index (χ1) is 18.1. The number of hydrogen-bond acceptors (Lipinski definition) is 5. The molecular weight excluding hydrogens is 486 g/mol. The summed E-state index contributed by atoms with van der Waals surface area (Å²) in [6.07, 6.45) is 2.05. The normalized spacial score (nSPS) is 14.3. The van der Waals surface area contributed by atoms with Gasteiger partial charge in [0, 0.05) is 29.9 Å². The number of rotatable bonds is 12. The second-order valence-corrected chi connectivity index (χ2v) is 9.73. The Morgan fingerprint density at radius 3 is 2.03 bits per heavy atom. The molecule has 0 saturated carbocycles. The fourth-order valence-electron chi connectivity index (χ4n) is 4.13. The van der Waals surface area contributed by atoms with Gasteiger partial charge in [-0.15, -0.1) is 0 Å². The fourth-order valence-corrected chi connectivity index (χ4v) is 4.13. The van der Waals surface area contributed by atoms with Crippen LogP contribution < -0.4 is 21.7 Å². The number of fused-ring (bicyclic) bond motifs is 1. The first-order valence-corrected chi connectivity index (χ1v) is 12.5. The highest BCUT2D eigenvalue weighted by molar-refractivity contribution is 5.95. The van der Waals surface area contributed by atoms with Gasteiger partial charge in [-0.2, -0.15) is 0 Å². The van der Waals surface area contributed by atoms with E-state index in [1.54, 1.807) is 20.0 Å². The SMILES string of the molecule is CC(N)C(=O)NC(Cc1c[nH]c2ccccc12)C(=O)NC(Cc1ccccc1)C(=O)NC(C(=O)O)C(C)C. The van der Waals surface area contributed by atoms with Crippen LogP contribution in [0, 0.1) is 5.92 Å². The molecule has 0 fully saturated rings. The highest BCUT2D eigenvalue weighted by Crippen LogP contribution is 2.19. The van der Waals surface area contributed by atoms with E-state index in [2.05, 4.69) is 20.9 Å². The highest BCUT2D eigenvalue weighted by atomic mass is 16.4. The third-order valence-electron chi connectivity index (χ3n) is 6.29. The minimum absolute atomic E-state index is 0.129. The Labute approximate surface area is 221 Å². The summed E-state index contributed by atoms with van der Waals surface area (Å²) in [5.41, 5.74) is 8.21. The molecule has 4 unspecified atom stereocenters. The number of carbonyl (C=O) groups is 4. The molecule has 0 saturated heterocycles. The van der Waals surface area contributed by atoms with Crippen molar-refractivity contribution in [3.8, 4) is 0 Å². The van der Waals surface area contributed by atoms with Crippen LogP contribution in [0.3, 0.4) is 0 Å². The van der Waals surface area contributed by atoms with E-state index in [-0.39, 0.29) is 18.8 Å². The van der Waals surface area contributed by atoms with Gasteiger partial charge in [0.1, 0.15) is 18.1 Å². The van der Waals surface area contributed by atoms with E-state index in [4.69, 9.17) is 5.73 Å². The fraction of sp³-hybridized carbons (Fsp3) is 0.357. The van der Waals surface area contributed by atoms with E-state index >= 15 is 0 Å². The number of carboxylic acid groups (broad SMARTS) is 1. The Balaban J connectivity index is 1.88. The molecule has 1 aromatic heterocycles. The zero-order chi connectivity index (χ0) is 27.8. The molecular formula is C28H35N5O5. The molecule has 0 aliphatic carbocycles. The van der Waals surface area contributed by atoms with Crippen molar-refractivity contribution in [2.24, 2.45) is 11.7 Å². The number of H-pyrrole nitrogens is 1. The first-order valence-electron chi connectivity index (χ1n) is 12.5. The van der Waals surface area contributed by atoms with Crippen LogP contribution in [0.25, 0.3) is 10.9 Å². The standard InChI is InChI=1S/C28H35N5O5/c1-16(2)24(28(37)38)33-27(36)22(13-18-9-5-4-6-10-18)32-26(35)23(31-25(34)17(3)29)14-19-15-30-21-12-8-7-11-20(19)21/h4-12,15-17,22-24,30H,13-14,29H2,1-3H3,(H,31,34)(H,32,35)(H,33,36)(H,37,38). The van der Waals surface area contributed by atoms with Gasteiger partial charge in [0.15, 0.2) is 0 Å². The second kappa shape index (κ2) is 12.9. The molecule has 4 atom stereocenters. The monoisotopic (exact) mass is 521 g/mol. The number of benzene rings is 2. The van der Waals surface area contributed by atoms with Crippen molar-refractivity contribution in [2.45, 2.75) is 57.8 Å². The molecule has 1 heterocycles. The van der Waals surface area contributed by atoms with Crippen molar-refractivity contribution in [1.82, 2.24) is 20.9 Å². The average Bonchev–Trinajstić information content (AvgIpc) is 3.29. The first kappa shape index (κ1) is 28.4. The minimum Gasteiger partial charge on any atom is -0.480 e. The van der Waals surface area contributed by atoms with Gasteiger partial charge in [0.05, 0.1) is 6.04 Å². The Morgan fingerprint density at radius 1 is 0.816 bits per heavy atom. The Morgan fingerprint density at radius 2 is 1.39 bits per heavy atom. The van der Waals surface area contributed by atoms with Gasteiger partial charge >= 0.3 is 5.97 Å². The van der Waals surface area contributed by atoms with Crippen molar-refractivity contribution >= 4 is 34.6 Å². The van der Waals surface area contributed by atoms with E-state index in [9.17, 15) is 24.3 Å². The number of aromatic nitrogens is 1. The largest absolute Gasteiger partial charge is 0.480 e. The van der Waals surface area contributed by atoms with Gasteiger partial charge in [-0.3, -0.25) is 14.4 Å². The van der Waals surface area contributed by atoms with Crippen molar-refractivity contribution in [2.75, 3.05) is 0 Å². The summed E-state index contributed by atoms with van der Waals surface area (Å²) in [4.78, 5) is 54.1. The number of nitrogens with one attached hydrogen (secondary N) is 4. The molecule has 38 heavy (non-hydrogen) atoms. The number of carboxylic acids is 1. The lowest BCUT2D eigenvalue weighted by atomic mass is 10.0. The molecule has 2 aromatic carbocycles. The molecule has 10 nitrogen and oxygen atoms in total. The molecule has 0 spiro atoms. The molecule has 3 aromatic rings. The maximum absolute atomic E-state index is 13.5. The Bertz CT molecular complexity index is 1270. The van der Waals surface area contributed by atoms with E-state index in [1.165, 1.54) is 6.92 Å². The van der Waals surface area contributed by atoms with Gasteiger partial charge in [-0.25, -0.2) is 4.79 Å². The third-order valence-corrected chi connectivity index (χ3v) is 6.29. The zero-order valence-corrected chi connectivity index (χ0v) is 21.7. The summed E-state index contributed by atoms with van der Waals surface area (Å²) in [6.45, 7) is 4.88. The van der Waals surface area contributed by atoms with Gasteiger partial charge in [0.25, 0.3) is 0 Å². The van der Waals surface area contributed by atoms with Crippen LogP contribution >= 0.6 is 0 Å². The Kier molecular flexibility index (Phi) is 9.61. The molecule has 0 aliphatic heterocycles. The number of para-hydroxylation sites is 1. The van der Waals surface area contributed by atoms with Gasteiger partial charge in [0.2, 0.25) is 17.7 Å².